The Morgan fingerprint density at radius 3 is 2.57 bits per heavy atom. The average Bonchev–Trinajstić information content (AvgIpc) is 1.99. The minimum Gasteiger partial charge on any atom is -0.478 e. The Bertz CT molecular complexity index is 392. The van der Waals surface area contributed by atoms with Gasteiger partial charge in [-0.1, -0.05) is 12.1 Å². The molecule has 0 aromatic heterocycles. The minimum absolute atomic E-state index is 0.371. The Hall–Kier alpha value is -1.31. The molecule has 0 heterocycles. The smallest absolute Gasteiger partial charge is 0.335 e. The van der Waals surface area contributed by atoms with Crippen LogP contribution in [-0.4, -0.2) is 11.1 Å². The Morgan fingerprint density at radius 2 is 2.07 bits per heavy atom. The van der Waals surface area contributed by atoms with Gasteiger partial charge in [-0.3, -0.25) is 0 Å². The molecule has 3 aliphatic carbocycles. The Morgan fingerprint density at radius 1 is 1.36 bits per heavy atom. The lowest BCUT2D eigenvalue weighted by atomic mass is 9.42. The van der Waals surface area contributed by atoms with Gasteiger partial charge >= 0.3 is 5.97 Å². The third-order valence-electron chi connectivity index (χ3n) is 3.76. The van der Waals surface area contributed by atoms with Crippen molar-refractivity contribution in [2.45, 2.75) is 24.7 Å². The molecule has 3 aliphatic rings. The number of hydrogen-bond donors (Lipinski definition) is 1. The SMILES string of the molecule is O=C(O)c1cccc(C23CC(C2)C3)c1. The molecule has 1 aromatic carbocycles. The van der Waals surface area contributed by atoms with Gasteiger partial charge in [-0.15, -0.1) is 0 Å². The van der Waals surface area contributed by atoms with Crippen molar-refractivity contribution in [2.24, 2.45) is 5.92 Å². The van der Waals surface area contributed by atoms with E-state index in [1.165, 1.54) is 24.8 Å². The number of rotatable bonds is 2. The van der Waals surface area contributed by atoms with E-state index >= 15 is 0 Å². The second-order valence-electron chi connectivity index (χ2n) is 4.64. The fourth-order valence-electron chi connectivity index (χ4n) is 2.81. The van der Waals surface area contributed by atoms with Gasteiger partial charge in [-0.2, -0.15) is 0 Å². The third-order valence-corrected chi connectivity index (χ3v) is 3.76. The molecule has 72 valence electrons. The molecule has 0 atom stereocenters. The highest BCUT2D eigenvalue weighted by Gasteiger charge is 2.57. The van der Waals surface area contributed by atoms with Gasteiger partial charge in [0.2, 0.25) is 0 Å². The van der Waals surface area contributed by atoms with E-state index in [-0.39, 0.29) is 0 Å². The van der Waals surface area contributed by atoms with Crippen molar-refractivity contribution in [3.63, 3.8) is 0 Å². The van der Waals surface area contributed by atoms with Crippen molar-refractivity contribution in [1.82, 2.24) is 0 Å². The van der Waals surface area contributed by atoms with Crippen LogP contribution in [0.25, 0.3) is 0 Å². The van der Waals surface area contributed by atoms with Crippen LogP contribution in [0.1, 0.15) is 35.2 Å². The van der Waals surface area contributed by atoms with Crippen LogP contribution in [0.5, 0.6) is 0 Å². The quantitative estimate of drug-likeness (QED) is 0.774. The molecule has 2 bridgehead atoms. The zero-order valence-corrected chi connectivity index (χ0v) is 7.86. The van der Waals surface area contributed by atoms with Crippen LogP contribution in [0.15, 0.2) is 24.3 Å². The highest BCUT2D eigenvalue weighted by Crippen LogP contribution is 2.65. The van der Waals surface area contributed by atoms with Gasteiger partial charge in [-0.05, 0) is 48.3 Å². The van der Waals surface area contributed by atoms with E-state index in [0.717, 1.165) is 5.92 Å². The van der Waals surface area contributed by atoms with Crippen LogP contribution in [-0.2, 0) is 5.41 Å². The summed E-state index contributed by atoms with van der Waals surface area (Å²) in [7, 11) is 0. The summed E-state index contributed by atoms with van der Waals surface area (Å²) in [6.45, 7) is 0. The lowest BCUT2D eigenvalue weighted by Gasteiger charge is -2.62. The normalized spacial score (nSPS) is 33.0. The number of aromatic carboxylic acids is 1. The van der Waals surface area contributed by atoms with Crippen LogP contribution < -0.4 is 0 Å². The molecule has 3 saturated carbocycles. The molecule has 1 aromatic rings. The second-order valence-corrected chi connectivity index (χ2v) is 4.64. The largest absolute Gasteiger partial charge is 0.478 e. The molecule has 0 amide bonds. The lowest BCUT2D eigenvalue weighted by molar-refractivity contribution is -0.0274. The maximum Gasteiger partial charge on any atom is 0.335 e. The first-order valence-corrected chi connectivity index (χ1v) is 5.03. The molecule has 0 saturated heterocycles. The van der Waals surface area contributed by atoms with Gasteiger partial charge in [-0.25, -0.2) is 4.79 Å². The molecular formula is C12H12O2. The van der Waals surface area contributed by atoms with Crippen LogP contribution in [0, 0.1) is 5.92 Å². The van der Waals surface area contributed by atoms with Gasteiger partial charge in [0.05, 0.1) is 5.56 Å². The minimum atomic E-state index is -0.821. The van der Waals surface area contributed by atoms with Crippen LogP contribution in [0.2, 0.25) is 0 Å². The summed E-state index contributed by atoms with van der Waals surface area (Å²) in [4.78, 5) is 10.8. The van der Waals surface area contributed by atoms with Gasteiger partial charge in [0.25, 0.3) is 0 Å². The van der Waals surface area contributed by atoms with E-state index in [1.54, 1.807) is 6.07 Å². The zero-order valence-electron chi connectivity index (χ0n) is 7.86. The predicted octanol–water partition coefficient (Wildman–Crippen LogP) is 2.44. The van der Waals surface area contributed by atoms with E-state index in [0.29, 0.717) is 11.0 Å². The van der Waals surface area contributed by atoms with Gasteiger partial charge in [0.1, 0.15) is 0 Å². The molecule has 4 rings (SSSR count). The molecule has 0 radical (unpaired) electrons. The molecule has 0 aliphatic heterocycles. The number of benzene rings is 1. The van der Waals surface area contributed by atoms with E-state index in [4.69, 9.17) is 5.11 Å². The number of carboxylic acid groups (broad SMARTS) is 1. The monoisotopic (exact) mass is 188 g/mol. The van der Waals surface area contributed by atoms with E-state index in [1.807, 2.05) is 12.1 Å². The van der Waals surface area contributed by atoms with Crippen LogP contribution >= 0.6 is 0 Å². The van der Waals surface area contributed by atoms with E-state index in [2.05, 4.69) is 6.07 Å². The average molecular weight is 188 g/mol. The highest BCUT2D eigenvalue weighted by molar-refractivity contribution is 5.87. The lowest BCUT2D eigenvalue weighted by Crippen LogP contribution is -2.55. The Labute approximate surface area is 82.6 Å². The summed E-state index contributed by atoms with van der Waals surface area (Å²) in [5, 5.41) is 8.88. The van der Waals surface area contributed by atoms with E-state index in [9.17, 15) is 4.79 Å². The number of hydrogen-bond acceptors (Lipinski definition) is 1. The second kappa shape index (κ2) is 2.38. The first-order valence-electron chi connectivity index (χ1n) is 5.03. The van der Waals surface area contributed by atoms with Crippen molar-refractivity contribution in [3.8, 4) is 0 Å². The first kappa shape index (κ1) is 8.04. The molecule has 14 heavy (non-hydrogen) atoms. The van der Waals surface area contributed by atoms with Crippen molar-refractivity contribution in [1.29, 1.82) is 0 Å². The van der Waals surface area contributed by atoms with Crippen molar-refractivity contribution < 1.29 is 9.90 Å². The van der Waals surface area contributed by atoms with Crippen molar-refractivity contribution >= 4 is 5.97 Å². The standard InChI is InChI=1S/C12H12O2/c13-11(14)9-2-1-3-10(4-9)12-5-8(6-12)7-12/h1-4,8H,5-7H2,(H,13,14). The summed E-state index contributed by atoms with van der Waals surface area (Å²) in [6, 6.07) is 7.44. The molecular weight excluding hydrogens is 176 g/mol. The molecule has 2 heteroatoms. The number of carbonyl (C=O) groups is 1. The maximum absolute atomic E-state index is 10.8. The zero-order chi connectivity index (χ0) is 9.76. The fourth-order valence-corrected chi connectivity index (χ4v) is 2.81. The van der Waals surface area contributed by atoms with Gasteiger partial charge in [0.15, 0.2) is 0 Å². The van der Waals surface area contributed by atoms with Crippen LogP contribution in [0.4, 0.5) is 0 Å². The molecule has 3 fully saturated rings. The Balaban J connectivity index is 1.98. The fraction of sp³-hybridized carbons (Fsp3) is 0.417. The van der Waals surface area contributed by atoms with Crippen LogP contribution in [0.3, 0.4) is 0 Å². The molecule has 0 spiro atoms. The summed E-state index contributed by atoms with van der Waals surface area (Å²) < 4.78 is 0. The highest BCUT2D eigenvalue weighted by atomic mass is 16.4. The summed E-state index contributed by atoms with van der Waals surface area (Å²) >= 11 is 0. The molecule has 1 N–H and O–H groups in total. The summed E-state index contributed by atoms with van der Waals surface area (Å²) in [5.74, 6) is 0.113. The maximum atomic E-state index is 10.8. The summed E-state index contributed by atoms with van der Waals surface area (Å²) in [6.07, 6.45) is 3.82. The topological polar surface area (TPSA) is 37.3 Å². The van der Waals surface area contributed by atoms with Gasteiger partial charge < -0.3 is 5.11 Å². The predicted molar refractivity (Wildman–Crippen MR) is 52.4 cm³/mol. The first-order chi connectivity index (χ1) is 6.70. The van der Waals surface area contributed by atoms with Crippen molar-refractivity contribution in [3.05, 3.63) is 35.4 Å². The number of carboxylic acids is 1. The molecule has 0 unspecified atom stereocenters. The Kier molecular flexibility index (Phi) is 1.37. The van der Waals surface area contributed by atoms with E-state index < -0.39 is 5.97 Å². The molecule has 2 nitrogen and oxygen atoms in total. The summed E-state index contributed by atoms with van der Waals surface area (Å²) in [5.41, 5.74) is 2.03. The van der Waals surface area contributed by atoms with Gasteiger partial charge in [0, 0.05) is 0 Å². The third kappa shape index (κ3) is 0.884. The van der Waals surface area contributed by atoms with Crippen molar-refractivity contribution in [2.75, 3.05) is 0 Å².